The lowest BCUT2D eigenvalue weighted by Gasteiger charge is -2.29. The number of furan rings is 1. The second kappa shape index (κ2) is 10.3. The number of pyridine rings is 1. The Morgan fingerprint density at radius 1 is 1.24 bits per heavy atom. The van der Waals surface area contributed by atoms with Crippen molar-refractivity contribution in [3.8, 4) is 17.2 Å². The molecule has 0 aliphatic carbocycles. The minimum atomic E-state index is -0.605. The maximum atomic E-state index is 12.8. The molecule has 3 N–H and O–H groups in total. The first-order valence-electron chi connectivity index (χ1n) is 10.9. The van der Waals surface area contributed by atoms with E-state index in [1.54, 1.807) is 43.8 Å². The Bertz CT molecular complexity index is 1080. The predicted octanol–water partition coefficient (Wildman–Crippen LogP) is 1.50. The van der Waals surface area contributed by atoms with Crippen LogP contribution in [-0.4, -0.2) is 52.5 Å². The molecule has 4 heterocycles. The van der Waals surface area contributed by atoms with Gasteiger partial charge in [0, 0.05) is 20.3 Å². The molecule has 1 aliphatic rings. The molecule has 0 spiro atoms. The van der Waals surface area contributed by atoms with Gasteiger partial charge >= 0.3 is 0 Å². The second-order valence-electron chi connectivity index (χ2n) is 8.02. The lowest BCUT2D eigenvalue weighted by Crippen LogP contribution is -2.52. The van der Waals surface area contributed by atoms with E-state index in [0.717, 1.165) is 31.6 Å². The minimum Gasteiger partial charge on any atom is -0.486 e. The summed E-state index contributed by atoms with van der Waals surface area (Å²) in [4.78, 5) is 33.8. The van der Waals surface area contributed by atoms with E-state index in [0.29, 0.717) is 23.8 Å². The van der Waals surface area contributed by atoms with Gasteiger partial charge in [-0.1, -0.05) is 0 Å². The lowest BCUT2D eigenvalue weighted by atomic mass is 9.89. The van der Waals surface area contributed by atoms with Crippen molar-refractivity contribution < 1.29 is 18.7 Å². The second-order valence-corrected chi connectivity index (χ2v) is 8.02. The quantitative estimate of drug-likeness (QED) is 0.473. The van der Waals surface area contributed by atoms with Gasteiger partial charge in [0.25, 0.3) is 5.91 Å². The molecule has 33 heavy (non-hydrogen) atoms. The topological polar surface area (TPSA) is 123 Å². The van der Waals surface area contributed by atoms with Crippen molar-refractivity contribution in [3.05, 3.63) is 54.4 Å². The number of ether oxygens (including phenoxy) is 1. The summed E-state index contributed by atoms with van der Waals surface area (Å²) in [6, 6.07) is 6.21. The van der Waals surface area contributed by atoms with Crippen LogP contribution >= 0.6 is 0 Å². The molecule has 0 aromatic carbocycles. The molecular formula is C23H28N6O4. The molecule has 1 atom stereocenters. The van der Waals surface area contributed by atoms with E-state index < -0.39 is 11.9 Å². The van der Waals surface area contributed by atoms with Crippen molar-refractivity contribution in [1.82, 2.24) is 30.5 Å². The van der Waals surface area contributed by atoms with Crippen LogP contribution in [0.2, 0.25) is 0 Å². The summed E-state index contributed by atoms with van der Waals surface area (Å²) >= 11 is 0. The molecule has 1 fully saturated rings. The van der Waals surface area contributed by atoms with Crippen LogP contribution < -0.4 is 20.7 Å². The zero-order valence-electron chi connectivity index (χ0n) is 18.7. The van der Waals surface area contributed by atoms with Gasteiger partial charge in [0.05, 0.1) is 18.2 Å². The molecular weight excluding hydrogens is 424 g/mol. The van der Waals surface area contributed by atoms with E-state index in [1.807, 2.05) is 17.8 Å². The van der Waals surface area contributed by atoms with Gasteiger partial charge in [-0.2, -0.15) is 0 Å². The van der Waals surface area contributed by atoms with Crippen LogP contribution in [-0.2, 0) is 18.4 Å². The van der Waals surface area contributed by atoms with Crippen molar-refractivity contribution in [2.75, 3.05) is 20.1 Å². The molecule has 0 radical (unpaired) electrons. The molecule has 0 bridgehead atoms. The summed E-state index contributed by atoms with van der Waals surface area (Å²) < 4.78 is 13.3. The summed E-state index contributed by atoms with van der Waals surface area (Å²) in [5.74, 6) is 0.628. The third-order valence-electron chi connectivity index (χ3n) is 5.63. The average Bonchev–Trinajstić information content (AvgIpc) is 3.51. The molecule has 1 aliphatic heterocycles. The maximum absolute atomic E-state index is 12.8. The SMILES string of the molecule is CNC(=O)[C@@H](NC(=O)c1ccc(-c2ccc(OCc3cn(C)cn3)cn2)o1)C1CCNCC1. The molecule has 1 saturated heterocycles. The summed E-state index contributed by atoms with van der Waals surface area (Å²) in [6.45, 7) is 1.99. The Balaban J connectivity index is 1.38. The molecule has 2 amide bonds. The first-order chi connectivity index (χ1) is 16.0. The largest absolute Gasteiger partial charge is 0.486 e. The molecule has 0 unspecified atom stereocenters. The fraction of sp³-hybridized carbons (Fsp3) is 0.391. The molecule has 3 aromatic heterocycles. The monoisotopic (exact) mass is 452 g/mol. The third kappa shape index (κ3) is 5.58. The van der Waals surface area contributed by atoms with E-state index in [4.69, 9.17) is 9.15 Å². The number of carbonyl (C=O) groups excluding carboxylic acids is 2. The predicted molar refractivity (Wildman–Crippen MR) is 120 cm³/mol. The lowest BCUT2D eigenvalue weighted by molar-refractivity contribution is -0.124. The molecule has 4 rings (SSSR count). The first kappa shape index (κ1) is 22.5. The molecule has 10 nitrogen and oxygen atoms in total. The number of rotatable bonds is 8. The number of likely N-dealkylation sites (N-methyl/N-ethyl adjacent to an activating group) is 1. The summed E-state index contributed by atoms with van der Waals surface area (Å²) in [5.41, 5.74) is 1.39. The van der Waals surface area contributed by atoms with Gasteiger partial charge in [-0.15, -0.1) is 0 Å². The van der Waals surface area contributed by atoms with Gasteiger partial charge in [-0.05, 0) is 56.1 Å². The highest BCUT2D eigenvalue weighted by Gasteiger charge is 2.31. The highest BCUT2D eigenvalue weighted by Crippen LogP contribution is 2.23. The maximum Gasteiger partial charge on any atom is 0.287 e. The van der Waals surface area contributed by atoms with Gasteiger partial charge in [-0.3, -0.25) is 9.59 Å². The Kier molecular flexibility index (Phi) is 7.04. The van der Waals surface area contributed by atoms with Crippen molar-refractivity contribution in [3.63, 3.8) is 0 Å². The van der Waals surface area contributed by atoms with Gasteiger partial charge in [-0.25, -0.2) is 9.97 Å². The smallest absolute Gasteiger partial charge is 0.287 e. The zero-order chi connectivity index (χ0) is 23.2. The highest BCUT2D eigenvalue weighted by molar-refractivity contribution is 5.96. The van der Waals surface area contributed by atoms with Crippen LogP contribution in [0.25, 0.3) is 11.5 Å². The van der Waals surface area contributed by atoms with Crippen LogP contribution in [0, 0.1) is 5.92 Å². The average molecular weight is 453 g/mol. The fourth-order valence-corrected chi connectivity index (χ4v) is 3.85. The number of hydrogen-bond acceptors (Lipinski definition) is 7. The Hall–Kier alpha value is -3.66. The molecule has 174 valence electrons. The Morgan fingerprint density at radius 2 is 2.06 bits per heavy atom. The van der Waals surface area contributed by atoms with E-state index in [1.165, 1.54) is 0 Å². The number of aromatic nitrogens is 3. The third-order valence-corrected chi connectivity index (χ3v) is 5.63. The minimum absolute atomic E-state index is 0.0740. The number of nitrogens with one attached hydrogen (secondary N) is 3. The number of piperidine rings is 1. The normalized spacial score (nSPS) is 15.1. The first-order valence-corrected chi connectivity index (χ1v) is 10.9. The number of imidazole rings is 1. The van der Waals surface area contributed by atoms with Crippen molar-refractivity contribution >= 4 is 11.8 Å². The van der Waals surface area contributed by atoms with Crippen molar-refractivity contribution in [1.29, 1.82) is 0 Å². The standard InChI is InChI=1S/C23H28N6O4/c1-24-23(31)21(15-7-9-25-10-8-15)28-22(30)20-6-5-19(33-20)18-4-3-17(11-26-18)32-13-16-12-29(2)14-27-16/h3-6,11-12,14-15,21,25H,7-10,13H2,1-2H3,(H,24,31)(H,28,30)/t21-/m0/s1. The van der Waals surface area contributed by atoms with E-state index >= 15 is 0 Å². The van der Waals surface area contributed by atoms with Crippen LogP contribution in [0.5, 0.6) is 5.75 Å². The summed E-state index contributed by atoms with van der Waals surface area (Å²) in [6.07, 6.45) is 6.84. The Labute approximate surface area is 191 Å². The fourth-order valence-electron chi connectivity index (χ4n) is 3.85. The molecule has 0 saturated carbocycles. The number of nitrogens with zero attached hydrogens (tertiary/aromatic N) is 3. The molecule has 3 aromatic rings. The van der Waals surface area contributed by atoms with E-state index in [2.05, 4.69) is 25.9 Å². The van der Waals surface area contributed by atoms with Crippen LogP contribution in [0.4, 0.5) is 0 Å². The number of aryl methyl sites for hydroxylation is 1. The van der Waals surface area contributed by atoms with Gasteiger partial charge in [0.2, 0.25) is 5.91 Å². The van der Waals surface area contributed by atoms with Gasteiger partial charge in [0.1, 0.15) is 24.1 Å². The van der Waals surface area contributed by atoms with Crippen LogP contribution in [0.1, 0.15) is 29.1 Å². The zero-order valence-corrected chi connectivity index (χ0v) is 18.7. The van der Waals surface area contributed by atoms with E-state index in [-0.39, 0.29) is 17.6 Å². The number of carbonyl (C=O) groups is 2. The summed E-state index contributed by atoms with van der Waals surface area (Å²) in [5, 5.41) is 8.76. The van der Waals surface area contributed by atoms with Crippen LogP contribution in [0.3, 0.4) is 0 Å². The van der Waals surface area contributed by atoms with Crippen molar-refractivity contribution in [2.24, 2.45) is 13.0 Å². The van der Waals surface area contributed by atoms with Gasteiger partial charge in [0.15, 0.2) is 11.5 Å². The Morgan fingerprint density at radius 3 is 2.73 bits per heavy atom. The number of amides is 2. The van der Waals surface area contributed by atoms with E-state index in [9.17, 15) is 9.59 Å². The molecule has 10 heteroatoms. The van der Waals surface area contributed by atoms with Crippen LogP contribution in [0.15, 0.2) is 47.4 Å². The van der Waals surface area contributed by atoms with Crippen molar-refractivity contribution in [2.45, 2.75) is 25.5 Å². The number of hydrogen-bond donors (Lipinski definition) is 3. The summed E-state index contributed by atoms with van der Waals surface area (Å²) in [7, 11) is 3.47. The highest BCUT2D eigenvalue weighted by atomic mass is 16.5. The van der Waals surface area contributed by atoms with Gasteiger partial charge < -0.3 is 29.7 Å².